The van der Waals surface area contributed by atoms with Gasteiger partial charge in [-0.2, -0.15) is 0 Å². The largest absolute Gasteiger partial charge is 0.355 e. The van der Waals surface area contributed by atoms with Crippen LogP contribution >= 0.6 is 34.8 Å². The average Bonchev–Trinajstić information content (AvgIpc) is 2.75. The van der Waals surface area contributed by atoms with Gasteiger partial charge >= 0.3 is 0 Å². The van der Waals surface area contributed by atoms with E-state index in [4.69, 9.17) is 34.8 Å². The summed E-state index contributed by atoms with van der Waals surface area (Å²) < 4.78 is 26.2. The zero-order valence-corrected chi connectivity index (χ0v) is 22.5. The highest BCUT2D eigenvalue weighted by molar-refractivity contribution is 7.92. The van der Waals surface area contributed by atoms with E-state index in [1.807, 2.05) is 0 Å². The van der Waals surface area contributed by atoms with Crippen LogP contribution in [0.25, 0.3) is 0 Å². The molecule has 2 aromatic rings. The van der Waals surface area contributed by atoms with Gasteiger partial charge in [0.05, 0.1) is 11.9 Å². The number of carbonyl (C=O) groups excluding carboxylic acids is 2. The summed E-state index contributed by atoms with van der Waals surface area (Å²) in [6.07, 6.45) is 1.30. The van der Waals surface area contributed by atoms with Crippen molar-refractivity contribution < 1.29 is 18.0 Å². The van der Waals surface area contributed by atoms with E-state index in [1.54, 1.807) is 51.1 Å². The maximum absolute atomic E-state index is 13.6. The minimum atomic E-state index is -3.85. The maximum atomic E-state index is 13.6. The molecule has 1 N–H and O–H groups in total. The monoisotopic (exact) mass is 547 g/mol. The highest BCUT2D eigenvalue weighted by Gasteiger charge is 2.32. The summed E-state index contributed by atoms with van der Waals surface area (Å²) in [6, 6.07) is 8.82. The van der Waals surface area contributed by atoms with Gasteiger partial charge in [-0.25, -0.2) is 8.42 Å². The van der Waals surface area contributed by atoms with Gasteiger partial charge in [-0.1, -0.05) is 53.9 Å². The van der Waals surface area contributed by atoms with E-state index in [-0.39, 0.29) is 18.1 Å². The molecule has 2 aromatic carbocycles. The molecule has 0 saturated heterocycles. The molecule has 0 bridgehead atoms. The van der Waals surface area contributed by atoms with Crippen LogP contribution in [0.4, 0.5) is 5.69 Å². The third-order valence-electron chi connectivity index (χ3n) is 5.25. The molecule has 0 spiro atoms. The molecule has 0 heterocycles. The standard InChI is InChI=1S/C23H28Cl3N3O4S/c1-5-21(23(31)27-6-2)28(13-17-18(24)8-7-9-19(17)25)22(30)14-29(34(4,32)33)16-11-10-15(3)20(26)12-16/h7-12,21H,5-6,13-14H2,1-4H3,(H,27,31). The minimum Gasteiger partial charge on any atom is -0.355 e. The van der Waals surface area contributed by atoms with Gasteiger partial charge in [0, 0.05) is 33.7 Å². The van der Waals surface area contributed by atoms with Crippen LogP contribution in [0.2, 0.25) is 15.1 Å². The van der Waals surface area contributed by atoms with Gasteiger partial charge in [-0.05, 0) is 50.1 Å². The van der Waals surface area contributed by atoms with Gasteiger partial charge in [0.1, 0.15) is 12.6 Å². The van der Waals surface area contributed by atoms with Crippen LogP contribution < -0.4 is 9.62 Å². The molecule has 7 nitrogen and oxygen atoms in total. The number of rotatable bonds is 10. The topological polar surface area (TPSA) is 86.8 Å². The van der Waals surface area contributed by atoms with Crippen molar-refractivity contribution >= 4 is 62.3 Å². The first-order valence-corrected chi connectivity index (χ1v) is 13.6. The molecule has 34 heavy (non-hydrogen) atoms. The Morgan fingerprint density at radius 2 is 1.65 bits per heavy atom. The first-order chi connectivity index (χ1) is 15.9. The highest BCUT2D eigenvalue weighted by Crippen LogP contribution is 2.28. The molecular weight excluding hydrogens is 521 g/mol. The van der Waals surface area contributed by atoms with Crippen LogP contribution in [0.1, 0.15) is 31.4 Å². The van der Waals surface area contributed by atoms with Gasteiger partial charge in [-0.15, -0.1) is 0 Å². The summed E-state index contributed by atoms with van der Waals surface area (Å²) in [5.41, 5.74) is 1.47. The molecule has 186 valence electrons. The fourth-order valence-electron chi connectivity index (χ4n) is 3.42. The first kappa shape index (κ1) is 28.2. The second-order valence-corrected chi connectivity index (χ2v) is 10.9. The molecule has 0 aromatic heterocycles. The molecule has 1 atom stereocenters. The quantitative estimate of drug-likeness (QED) is 0.468. The van der Waals surface area contributed by atoms with Gasteiger partial charge in [-0.3, -0.25) is 13.9 Å². The van der Waals surface area contributed by atoms with Crippen LogP contribution in [0, 0.1) is 6.92 Å². The Hall–Kier alpha value is -2.00. The predicted molar refractivity (Wildman–Crippen MR) is 138 cm³/mol. The first-order valence-electron chi connectivity index (χ1n) is 10.6. The van der Waals surface area contributed by atoms with E-state index < -0.39 is 28.5 Å². The van der Waals surface area contributed by atoms with Crippen molar-refractivity contribution in [3.63, 3.8) is 0 Å². The van der Waals surface area contributed by atoms with E-state index in [0.717, 1.165) is 16.1 Å². The Labute approximate surface area is 216 Å². The maximum Gasteiger partial charge on any atom is 0.244 e. The van der Waals surface area contributed by atoms with Crippen LogP contribution in [0.3, 0.4) is 0 Å². The van der Waals surface area contributed by atoms with Crippen molar-refractivity contribution in [2.24, 2.45) is 0 Å². The molecular formula is C23H28Cl3N3O4S. The van der Waals surface area contributed by atoms with Crippen molar-refractivity contribution in [2.45, 2.75) is 39.8 Å². The van der Waals surface area contributed by atoms with Gasteiger partial charge in [0.15, 0.2) is 0 Å². The van der Waals surface area contributed by atoms with Crippen LogP contribution in [0.5, 0.6) is 0 Å². The van der Waals surface area contributed by atoms with Crippen molar-refractivity contribution in [1.29, 1.82) is 0 Å². The van der Waals surface area contributed by atoms with E-state index in [2.05, 4.69) is 5.32 Å². The van der Waals surface area contributed by atoms with E-state index in [1.165, 1.54) is 11.0 Å². The van der Waals surface area contributed by atoms with E-state index >= 15 is 0 Å². The number of halogens is 3. The zero-order valence-electron chi connectivity index (χ0n) is 19.4. The molecule has 0 aliphatic carbocycles. The molecule has 2 rings (SSSR count). The number of nitrogens with zero attached hydrogens (tertiary/aromatic N) is 2. The number of aryl methyl sites for hydroxylation is 1. The van der Waals surface area contributed by atoms with Crippen LogP contribution in [-0.2, 0) is 26.2 Å². The SMILES string of the molecule is CCNC(=O)C(CC)N(Cc1c(Cl)cccc1Cl)C(=O)CN(c1ccc(C)c(Cl)c1)S(C)(=O)=O. The molecule has 1 unspecified atom stereocenters. The second kappa shape index (κ2) is 12.1. The lowest BCUT2D eigenvalue weighted by molar-refractivity contribution is -0.140. The normalized spacial score (nSPS) is 12.2. The molecule has 0 radical (unpaired) electrons. The van der Waals surface area contributed by atoms with Crippen molar-refractivity contribution in [3.8, 4) is 0 Å². The number of hydrogen-bond acceptors (Lipinski definition) is 4. The molecule has 0 fully saturated rings. The number of hydrogen-bond donors (Lipinski definition) is 1. The molecule has 0 aliphatic rings. The Bertz CT molecular complexity index is 1140. The average molecular weight is 549 g/mol. The number of sulfonamides is 1. The van der Waals surface area contributed by atoms with Crippen molar-refractivity contribution in [3.05, 3.63) is 62.6 Å². The summed E-state index contributed by atoms with van der Waals surface area (Å²) in [6.45, 7) is 5.10. The lowest BCUT2D eigenvalue weighted by Crippen LogP contribution is -2.52. The fourth-order valence-corrected chi connectivity index (χ4v) is 4.95. The van der Waals surface area contributed by atoms with Gasteiger partial charge in [0.25, 0.3) is 0 Å². The Morgan fingerprint density at radius 3 is 2.15 bits per heavy atom. The van der Waals surface area contributed by atoms with Crippen LogP contribution in [0.15, 0.2) is 36.4 Å². The number of likely N-dealkylation sites (N-methyl/N-ethyl adjacent to an activating group) is 1. The number of benzene rings is 2. The summed E-state index contributed by atoms with van der Waals surface area (Å²) in [5, 5.41) is 3.76. The number of amides is 2. The summed E-state index contributed by atoms with van der Waals surface area (Å²) in [5.74, 6) is -0.943. The molecule has 11 heteroatoms. The van der Waals surface area contributed by atoms with Gasteiger partial charge in [0.2, 0.25) is 21.8 Å². The number of nitrogens with one attached hydrogen (secondary N) is 1. The predicted octanol–water partition coefficient (Wildman–Crippen LogP) is 4.66. The Kier molecular flexibility index (Phi) is 10.1. The second-order valence-electron chi connectivity index (χ2n) is 7.74. The Morgan fingerprint density at radius 1 is 1.03 bits per heavy atom. The third-order valence-corrected chi connectivity index (χ3v) is 7.51. The van der Waals surface area contributed by atoms with Crippen molar-refractivity contribution in [1.82, 2.24) is 10.2 Å². The highest BCUT2D eigenvalue weighted by atomic mass is 35.5. The van der Waals surface area contributed by atoms with E-state index in [9.17, 15) is 18.0 Å². The molecule has 0 aliphatic heterocycles. The lowest BCUT2D eigenvalue weighted by Gasteiger charge is -2.33. The summed E-state index contributed by atoms with van der Waals surface area (Å²) in [4.78, 5) is 27.7. The lowest BCUT2D eigenvalue weighted by atomic mass is 10.1. The third kappa shape index (κ3) is 7.01. The minimum absolute atomic E-state index is 0.0702. The zero-order chi connectivity index (χ0) is 25.6. The summed E-state index contributed by atoms with van der Waals surface area (Å²) >= 11 is 18.9. The van der Waals surface area contributed by atoms with Gasteiger partial charge < -0.3 is 10.2 Å². The number of carbonyl (C=O) groups is 2. The van der Waals surface area contributed by atoms with Crippen molar-refractivity contribution in [2.75, 3.05) is 23.7 Å². The molecule has 0 saturated carbocycles. The van der Waals surface area contributed by atoms with Crippen LogP contribution in [-0.4, -0.2) is 50.5 Å². The number of anilines is 1. The van der Waals surface area contributed by atoms with E-state index in [0.29, 0.717) is 33.6 Å². The molecule has 2 amide bonds. The Balaban J connectivity index is 2.51. The summed E-state index contributed by atoms with van der Waals surface area (Å²) in [7, 11) is -3.85. The fraction of sp³-hybridized carbons (Fsp3) is 0.391. The smallest absolute Gasteiger partial charge is 0.244 e.